The number of carbonyl (C=O) groups excluding carboxylic acids is 1. The van der Waals surface area contributed by atoms with Gasteiger partial charge in [0.15, 0.2) is 6.61 Å². The lowest BCUT2D eigenvalue weighted by Gasteiger charge is -2.23. The molecular weight excluding hydrogens is 444 g/mol. The molecule has 2 aromatic carbocycles. The van der Waals surface area contributed by atoms with Crippen LogP contribution in [0.5, 0.6) is 17.2 Å². The van der Waals surface area contributed by atoms with E-state index in [1.165, 1.54) is 0 Å². The Balaban J connectivity index is 1.28. The van der Waals surface area contributed by atoms with Crippen LogP contribution in [0.1, 0.15) is 12.0 Å². The topological polar surface area (TPSA) is 76.2 Å². The molecule has 0 radical (unpaired) electrons. The summed E-state index contributed by atoms with van der Waals surface area (Å²) < 4.78 is 16.4. The summed E-state index contributed by atoms with van der Waals surface area (Å²) in [5, 5.41) is 2.83. The number of hydrogen-bond donors (Lipinski definition) is 1. The summed E-state index contributed by atoms with van der Waals surface area (Å²) in [6.07, 6.45) is 2.73. The molecule has 1 saturated heterocycles. The van der Waals surface area contributed by atoms with Crippen LogP contribution in [0.25, 0.3) is 0 Å². The first-order chi connectivity index (χ1) is 17.1. The van der Waals surface area contributed by atoms with E-state index in [0.29, 0.717) is 11.4 Å². The number of benzene rings is 2. The van der Waals surface area contributed by atoms with Crippen LogP contribution in [0, 0.1) is 0 Å². The zero-order valence-corrected chi connectivity index (χ0v) is 20.3. The van der Waals surface area contributed by atoms with Crippen molar-refractivity contribution in [3.63, 3.8) is 0 Å². The van der Waals surface area contributed by atoms with Gasteiger partial charge in [0, 0.05) is 44.4 Å². The van der Waals surface area contributed by atoms with E-state index in [-0.39, 0.29) is 12.5 Å². The van der Waals surface area contributed by atoms with Crippen LogP contribution in [0.4, 0.5) is 11.5 Å². The number of carbonyl (C=O) groups is 1. The van der Waals surface area contributed by atoms with Gasteiger partial charge in [0.1, 0.15) is 23.1 Å². The van der Waals surface area contributed by atoms with Crippen LogP contribution in [-0.2, 0) is 11.3 Å². The van der Waals surface area contributed by atoms with Crippen LogP contribution in [0.15, 0.2) is 66.9 Å². The zero-order chi connectivity index (χ0) is 24.5. The van der Waals surface area contributed by atoms with Crippen molar-refractivity contribution in [1.82, 2.24) is 9.88 Å². The minimum Gasteiger partial charge on any atom is -0.497 e. The average molecular weight is 477 g/mol. The monoisotopic (exact) mass is 476 g/mol. The van der Waals surface area contributed by atoms with Crippen molar-refractivity contribution < 1.29 is 19.0 Å². The molecule has 0 saturated carbocycles. The fraction of sp³-hybridized carbons (Fsp3) is 0.333. The summed E-state index contributed by atoms with van der Waals surface area (Å²) in [6, 6.07) is 19.1. The van der Waals surface area contributed by atoms with Gasteiger partial charge >= 0.3 is 0 Å². The average Bonchev–Trinajstić information content (AvgIpc) is 3.14. The number of para-hydroxylation sites is 1. The van der Waals surface area contributed by atoms with Crippen LogP contribution < -0.4 is 24.4 Å². The minimum absolute atomic E-state index is 0.0489. The summed E-state index contributed by atoms with van der Waals surface area (Å²) in [5.41, 5.74) is 1.80. The maximum Gasteiger partial charge on any atom is 0.262 e. The zero-order valence-electron chi connectivity index (χ0n) is 20.3. The van der Waals surface area contributed by atoms with Crippen molar-refractivity contribution in [3.05, 3.63) is 72.4 Å². The van der Waals surface area contributed by atoms with Crippen LogP contribution in [-0.4, -0.2) is 62.8 Å². The maximum absolute atomic E-state index is 12.2. The van der Waals surface area contributed by atoms with E-state index in [1.807, 2.05) is 54.6 Å². The Bertz CT molecular complexity index is 1090. The van der Waals surface area contributed by atoms with E-state index in [1.54, 1.807) is 20.4 Å². The first kappa shape index (κ1) is 24.3. The third kappa shape index (κ3) is 6.86. The van der Waals surface area contributed by atoms with Gasteiger partial charge in [-0.05, 0) is 36.8 Å². The molecule has 3 aromatic rings. The summed E-state index contributed by atoms with van der Waals surface area (Å²) in [7, 11) is 3.35. The smallest absolute Gasteiger partial charge is 0.262 e. The molecule has 1 fully saturated rings. The number of anilines is 2. The molecule has 8 nitrogen and oxygen atoms in total. The van der Waals surface area contributed by atoms with E-state index in [2.05, 4.69) is 26.2 Å². The van der Waals surface area contributed by atoms with Crippen molar-refractivity contribution in [2.24, 2.45) is 0 Å². The molecule has 0 unspecified atom stereocenters. The second-order valence-corrected chi connectivity index (χ2v) is 8.35. The Morgan fingerprint density at radius 2 is 1.80 bits per heavy atom. The van der Waals surface area contributed by atoms with Crippen molar-refractivity contribution in [1.29, 1.82) is 0 Å². The number of amides is 1. The van der Waals surface area contributed by atoms with Gasteiger partial charge in [-0.3, -0.25) is 9.69 Å². The normalized spacial score (nSPS) is 14.2. The van der Waals surface area contributed by atoms with Crippen LogP contribution in [0.3, 0.4) is 0 Å². The lowest BCUT2D eigenvalue weighted by Crippen LogP contribution is -2.31. The van der Waals surface area contributed by atoms with Gasteiger partial charge in [-0.2, -0.15) is 0 Å². The standard InChI is InChI=1S/C27H32N4O4/c1-33-24-11-9-21(25(17-24)34-2)19-30-13-6-14-31(16-15-30)26-12-10-22(18-28-26)29-27(32)20-35-23-7-4-3-5-8-23/h3-5,7-12,17-18H,6,13-16,19-20H2,1-2H3,(H,29,32). The van der Waals surface area contributed by atoms with Crippen molar-refractivity contribution >= 4 is 17.4 Å². The number of pyridine rings is 1. The number of nitrogens with one attached hydrogen (secondary N) is 1. The molecule has 1 aliphatic heterocycles. The Kier molecular flexibility index (Phi) is 8.40. The third-order valence-electron chi connectivity index (χ3n) is 5.95. The van der Waals surface area contributed by atoms with Crippen molar-refractivity contribution in [2.75, 3.05) is 57.2 Å². The Morgan fingerprint density at radius 1 is 0.943 bits per heavy atom. The highest BCUT2D eigenvalue weighted by Gasteiger charge is 2.18. The highest BCUT2D eigenvalue weighted by atomic mass is 16.5. The molecule has 1 amide bonds. The summed E-state index contributed by atoms with van der Waals surface area (Å²) >= 11 is 0. The fourth-order valence-corrected chi connectivity index (χ4v) is 4.09. The van der Waals surface area contributed by atoms with Crippen molar-refractivity contribution in [2.45, 2.75) is 13.0 Å². The summed E-state index contributed by atoms with van der Waals surface area (Å²) in [4.78, 5) is 21.5. The predicted molar refractivity (Wildman–Crippen MR) is 136 cm³/mol. The highest BCUT2D eigenvalue weighted by molar-refractivity contribution is 5.91. The summed E-state index contributed by atoms with van der Waals surface area (Å²) in [5.74, 6) is 2.99. The van der Waals surface area contributed by atoms with E-state index in [9.17, 15) is 4.79 Å². The van der Waals surface area contributed by atoms with Crippen LogP contribution in [0.2, 0.25) is 0 Å². The van der Waals surface area contributed by atoms with E-state index >= 15 is 0 Å². The molecule has 0 aliphatic carbocycles. The molecule has 0 atom stereocenters. The molecule has 0 bridgehead atoms. The molecule has 1 aromatic heterocycles. The quantitative estimate of drug-likeness (QED) is 0.503. The number of ether oxygens (including phenoxy) is 3. The molecule has 2 heterocycles. The second kappa shape index (κ2) is 12.1. The number of hydrogen-bond acceptors (Lipinski definition) is 7. The lowest BCUT2D eigenvalue weighted by atomic mass is 10.1. The number of aromatic nitrogens is 1. The highest BCUT2D eigenvalue weighted by Crippen LogP contribution is 2.26. The molecule has 4 rings (SSSR count). The number of rotatable bonds is 9. The SMILES string of the molecule is COc1ccc(CN2CCCN(c3ccc(NC(=O)COc4ccccc4)cn3)CC2)c(OC)c1. The predicted octanol–water partition coefficient (Wildman–Crippen LogP) is 3.83. The van der Waals surface area contributed by atoms with Crippen LogP contribution >= 0.6 is 0 Å². The minimum atomic E-state index is -0.220. The van der Waals surface area contributed by atoms with Gasteiger partial charge in [-0.25, -0.2) is 4.98 Å². The van der Waals surface area contributed by atoms with Gasteiger partial charge < -0.3 is 24.4 Å². The van der Waals surface area contributed by atoms with E-state index in [0.717, 1.165) is 62.0 Å². The Hall–Kier alpha value is -3.78. The molecular formula is C27H32N4O4. The Morgan fingerprint density at radius 3 is 2.54 bits per heavy atom. The second-order valence-electron chi connectivity index (χ2n) is 8.35. The van der Waals surface area contributed by atoms with Crippen molar-refractivity contribution in [3.8, 4) is 17.2 Å². The Labute approximate surface area is 206 Å². The fourth-order valence-electron chi connectivity index (χ4n) is 4.09. The third-order valence-corrected chi connectivity index (χ3v) is 5.95. The van der Waals surface area contributed by atoms with Gasteiger partial charge in [0.05, 0.1) is 26.1 Å². The van der Waals surface area contributed by atoms with Gasteiger partial charge in [-0.1, -0.05) is 24.3 Å². The molecule has 35 heavy (non-hydrogen) atoms. The molecule has 8 heteroatoms. The lowest BCUT2D eigenvalue weighted by molar-refractivity contribution is -0.118. The molecule has 1 aliphatic rings. The molecule has 1 N–H and O–H groups in total. The number of methoxy groups -OCH3 is 2. The van der Waals surface area contributed by atoms with Gasteiger partial charge in [-0.15, -0.1) is 0 Å². The first-order valence-corrected chi connectivity index (χ1v) is 11.8. The van der Waals surface area contributed by atoms with E-state index < -0.39 is 0 Å². The largest absolute Gasteiger partial charge is 0.497 e. The maximum atomic E-state index is 12.2. The van der Waals surface area contributed by atoms with Gasteiger partial charge in [0.2, 0.25) is 0 Å². The number of nitrogens with zero attached hydrogens (tertiary/aromatic N) is 3. The summed E-state index contributed by atoms with van der Waals surface area (Å²) in [6.45, 7) is 4.51. The van der Waals surface area contributed by atoms with E-state index in [4.69, 9.17) is 14.2 Å². The first-order valence-electron chi connectivity index (χ1n) is 11.8. The molecule has 184 valence electrons. The molecule has 0 spiro atoms. The van der Waals surface area contributed by atoms with Gasteiger partial charge in [0.25, 0.3) is 5.91 Å².